The second-order valence-corrected chi connectivity index (χ2v) is 5.62. The van der Waals surface area contributed by atoms with Gasteiger partial charge in [-0.25, -0.2) is 9.59 Å². The number of carbonyl (C=O) groups is 2. The zero-order chi connectivity index (χ0) is 16.0. The number of nitrogens with two attached hydrogens (primary N) is 1. The quantitative estimate of drug-likeness (QED) is 0.496. The second kappa shape index (κ2) is 7.03. The number of carbonyl (C=O) groups excluding carboxylic acids is 2. The lowest BCUT2D eigenvalue weighted by molar-refractivity contribution is -0.160. The highest BCUT2D eigenvalue weighted by Gasteiger charge is 2.33. The molecule has 0 saturated heterocycles. The number of hydrogen-bond donors (Lipinski definition) is 2. The summed E-state index contributed by atoms with van der Waals surface area (Å²) in [5.41, 5.74) is 4.98. The summed E-state index contributed by atoms with van der Waals surface area (Å²) in [6.07, 6.45) is 0. The van der Waals surface area contributed by atoms with Gasteiger partial charge in [-0.15, -0.1) is 0 Å². The maximum atomic E-state index is 12.1. The van der Waals surface area contributed by atoms with Crippen LogP contribution in [0.5, 0.6) is 0 Å². The lowest BCUT2D eigenvalue weighted by Crippen LogP contribution is -2.44. The van der Waals surface area contributed by atoms with Crippen molar-refractivity contribution in [3.63, 3.8) is 0 Å². The van der Waals surface area contributed by atoms with E-state index in [0.29, 0.717) is 5.69 Å². The first-order chi connectivity index (χ1) is 9.69. The summed E-state index contributed by atoms with van der Waals surface area (Å²) in [4.78, 5) is 24.0. The van der Waals surface area contributed by atoms with E-state index in [2.05, 4.69) is 22.3 Å². The number of anilines is 1. The average Bonchev–Trinajstić information content (AvgIpc) is 2.34. The van der Waals surface area contributed by atoms with Crippen LogP contribution in [0.25, 0.3) is 0 Å². The minimum atomic E-state index is -1.35. The molecule has 0 bridgehead atoms. The Labute approximate surface area is 128 Å². The fourth-order valence-electron chi connectivity index (χ4n) is 1.43. The van der Waals surface area contributed by atoms with Crippen molar-refractivity contribution in [1.82, 2.24) is 0 Å². The Morgan fingerprint density at radius 3 is 2.24 bits per heavy atom. The smallest absolute Gasteiger partial charge is 0.347 e. The zero-order valence-corrected chi connectivity index (χ0v) is 12.9. The summed E-state index contributed by atoms with van der Waals surface area (Å²) in [6, 6.07) is 7.37. The van der Waals surface area contributed by atoms with Gasteiger partial charge >= 0.3 is 11.9 Å². The fraction of sp³-hybridized carbons (Fsp3) is 0.357. The molecule has 3 N–H and O–H groups in total. The van der Waals surface area contributed by atoms with E-state index in [9.17, 15) is 9.59 Å². The average molecular weight is 310 g/mol. The maximum Gasteiger partial charge on any atom is 0.347 e. The zero-order valence-electron chi connectivity index (χ0n) is 12.1. The van der Waals surface area contributed by atoms with Crippen LogP contribution in [0.3, 0.4) is 0 Å². The van der Waals surface area contributed by atoms with E-state index in [1.165, 1.54) is 0 Å². The van der Waals surface area contributed by atoms with E-state index in [4.69, 9.17) is 10.5 Å². The SMILES string of the molecule is CC(C)(C)OC(=O)C(Nc1ccccc1)C(=O)OC(N)=S. The van der Waals surface area contributed by atoms with Gasteiger partial charge in [-0.05, 0) is 45.1 Å². The van der Waals surface area contributed by atoms with Gasteiger partial charge < -0.3 is 20.5 Å². The summed E-state index contributed by atoms with van der Waals surface area (Å²) in [6.45, 7) is 5.09. The van der Waals surface area contributed by atoms with Crippen molar-refractivity contribution >= 4 is 35.0 Å². The number of thiocarbonyl (C=S) groups is 1. The van der Waals surface area contributed by atoms with Gasteiger partial charge in [0.1, 0.15) is 5.60 Å². The molecule has 114 valence electrons. The molecule has 1 unspecified atom stereocenters. The van der Waals surface area contributed by atoms with Crippen molar-refractivity contribution in [2.75, 3.05) is 5.32 Å². The topological polar surface area (TPSA) is 90.6 Å². The van der Waals surface area contributed by atoms with Gasteiger partial charge in [-0.3, -0.25) is 0 Å². The van der Waals surface area contributed by atoms with Crippen molar-refractivity contribution in [2.24, 2.45) is 5.73 Å². The number of rotatable bonds is 4. The molecule has 0 spiro atoms. The standard InChI is InChI=1S/C14H18N2O4S/c1-14(2,3)20-12(18)10(11(17)19-13(15)21)16-9-7-5-4-6-8-9/h4-8,10,16H,1-3H3,(H2,15,21). The highest BCUT2D eigenvalue weighted by molar-refractivity contribution is 7.80. The van der Waals surface area contributed by atoms with Gasteiger partial charge in [-0.2, -0.15) is 0 Å². The van der Waals surface area contributed by atoms with E-state index in [0.717, 1.165) is 0 Å². The third-order valence-electron chi connectivity index (χ3n) is 2.16. The molecule has 0 fully saturated rings. The van der Waals surface area contributed by atoms with Crippen molar-refractivity contribution in [3.8, 4) is 0 Å². The fourth-order valence-corrected chi connectivity index (χ4v) is 1.52. The predicted molar refractivity (Wildman–Crippen MR) is 82.6 cm³/mol. The van der Waals surface area contributed by atoms with E-state index in [1.807, 2.05) is 0 Å². The number of ether oxygens (including phenoxy) is 2. The van der Waals surface area contributed by atoms with Crippen molar-refractivity contribution < 1.29 is 19.1 Å². The molecule has 0 radical (unpaired) electrons. The minimum absolute atomic E-state index is 0.455. The van der Waals surface area contributed by atoms with Crippen LogP contribution in [-0.2, 0) is 19.1 Å². The van der Waals surface area contributed by atoms with Crippen LogP contribution in [0.4, 0.5) is 5.69 Å². The first kappa shape index (κ1) is 16.9. The number of para-hydroxylation sites is 1. The lowest BCUT2D eigenvalue weighted by Gasteiger charge is -2.23. The van der Waals surface area contributed by atoms with Crippen LogP contribution in [0.1, 0.15) is 20.8 Å². The molecule has 1 aromatic rings. The number of hydrogen-bond acceptors (Lipinski definition) is 6. The summed E-state index contributed by atoms with van der Waals surface area (Å²) >= 11 is 4.51. The molecule has 0 aliphatic rings. The van der Waals surface area contributed by atoms with Crippen LogP contribution in [0, 0.1) is 0 Å². The molecule has 0 aromatic heterocycles. The summed E-state index contributed by atoms with van der Waals surface area (Å²) in [7, 11) is 0. The van der Waals surface area contributed by atoms with Crippen molar-refractivity contribution in [2.45, 2.75) is 32.4 Å². The Hall–Kier alpha value is -2.15. The molecule has 0 aliphatic heterocycles. The third-order valence-corrected chi connectivity index (χ3v) is 2.25. The molecular formula is C14H18N2O4S. The van der Waals surface area contributed by atoms with E-state index >= 15 is 0 Å². The predicted octanol–water partition coefficient (Wildman–Crippen LogP) is 1.60. The van der Waals surface area contributed by atoms with Gasteiger partial charge in [-0.1, -0.05) is 18.2 Å². The Balaban J connectivity index is 2.91. The highest BCUT2D eigenvalue weighted by Crippen LogP contribution is 2.13. The summed E-state index contributed by atoms with van der Waals surface area (Å²) in [5.74, 6) is -1.69. The summed E-state index contributed by atoms with van der Waals surface area (Å²) in [5, 5.41) is 2.29. The number of esters is 2. The van der Waals surface area contributed by atoms with Crippen LogP contribution in [0.2, 0.25) is 0 Å². The molecule has 6 nitrogen and oxygen atoms in total. The van der Waals surface area contributed by atoms with Gasteiger partial charge in [0.05, 0.1) is 0 Å². The molecule has 1 atom stereocenters. The molecule has 1 rings (SSSR count). The largest absolute Gasteiger partial charge is 0.458 e. The van der Waals surface area contributed by atoms with Crippen molar-refractivity contribution in [1.29, 1.82) is 0 Å². The van der Waals surface area contributed by atoms with Crippen LogP contribution >= 0.6 is 12.2 Å². The Kier molecular flexibility index (Phi) is 5.66. The molecule has 0 heterocycles. The molecule has 0 aliphatic carbocycles. The number of nitrogens with one attached hydrogen (secondary N) is 1. The molecule has 7 heteroatoms. The molecular weight excluding hydrogens is 292 g/mol. The second-order valence-electron chi connectivity index (χ2n) is 5.22. The van der Waals surface area contributed by atoms with Gasteiger partial charge in [0, 0.05) is 5.69 Å². The van der Waals surface area contributed by atoms with Crippen molar-refractivity contribution in [3.05, 3.63) is 30.3 Å². The normalized spacial score (nSPS) is 12.1. The first-order valence-corrected chi connectivity index (χ1v) is 6.65. The van der Waals surface area contributed by atoms with E-state index in [-0.39, 0.29) is 0 Å². The van der Waals surface area contributed by atoms with E-state index in [1.54, 1.807) is 51.1 Å². The van der Waals surface area contributed by atoms with Gasteiger partial charge in [0.15, 0.2) is 0 Å². The summed E-state index contributed by atoms with van der Waals surface area (Å²) < 4.78 is 9.82. The van der Waals surface area contributed by atoms with Crippen LogP contribution < -0.4 is 11.1 Å². The maximum absolute atomic E-state index is 12.1. The molecule has 21 heavy (non-hydrogen) atoms. The van der Waals surface area contributed by atoms with Gasteiger partial charge in [0.2, 0.25) is 6.04 Å². The third kappa shape index (κ3) is 6.22. The Bertz CT molecular complexity index is 526. The molecule has 0 amide bonds. The van der Waals surface area contributed by atoms with Crippen LogP contribution in [0.15, 0.2) is 30.3 Å². The Morgan fingerprint density at radius 2 is 1.76 bits per heavy atom. The Morgan fingerprint density at radius 1 is 1.19 bits per heavy atom. The number of benzene rings is 1. The van der Waals surface area contributed by atoms with Gasteiger partial charge in [0.25, 0.3) is 5.17 Å². The van der Waals surface area contributed by atoms with E-state index < -0.39 is 28.8 Å². The lowest BCUT2D eigenvalue weighted by atomic mass is 10.2. The monoisotopic (exact) mass is 310 g/mol. The highest BCUT2D eigenvalue weighted by atomic mass is 32.1. The molecule has 0 saturated carbocycles. The molecule has 1 aromatic carbocycles. The van der Waals surface area contributed by atoms with Crippen LogP contribution in [-0.4, -0.2) is 28.8 Å². The first-order valence-electron chi connectivity index (χ1n) is 6.24. The minimum Gasteiger partial charge on any atom is -0.458 e.